The van der Waals surface area contributed by atoms with E-state index in [1.807, 2.05) is 29.0 Å². The highest BCUT2D eigenvalue weighted by molar-refractivity contribution is 5.97. The van der Waals surface area contributed by atoms with Gasteiger partial charge in [-0.2, -0.15) is 5.10 Å². The molecular formula is C18H21FN6O. The van der Waals surface area contributed by atoms with Gasteiger partial charge in [-0.1, -0.05) is 0 Å². The van der Waals surface area contributed by atoms with Crippen LogP contribution in [-0.4, -0.2) is 67.4 Å². The number of rotatable bonds is 1. The van der Waals surface area contributed by atoms with Gasteiger partial charge in [-0.3, -0.25) is 4.90 Å². The highest BCUT2D eigenvalue weighted by Gasteiger charge is 2.31. The van der Waals surface area contributed by atoms with Gasteiger partial charge in [-0.25, -0.2) is 9.18 Å². The molecule has 1 aromatic heterocycles. The number of nitrogens with zero attached hydrogens (tertiary/aromatic N) is 6. The van der Waals surface area contributed by atoms with Gasteiger partial charge >= 0.3 is 6.03 Å². The molecule has 26 heavy (non-hydrogen) atoms. The fourth-order valence-electron chi connectivity index (χ4n) is 3.48. The van der Waals surface area contributed by atoms with E-state index in [-0.39, 0.29) is 11.8 Å². The Kier molecular flexibility index (Phi) is 4.32. The minimum Gasteiger partial charge on any atom is -0.371 e. The van der Waals surface area contributed by atoms with Crippen molar-refractivity contribution in [1.29, 1.82) is 0 Å². The van der Waals surface area contributed by atoms with Crippen molar-refractivity contribution in [1.82, 2.24) is 15.1 Å². The van der Waals surface area contributed by atoms with Crippen molar-refractivity contribution in [2.75, 3.05) is 61.0 Å². The smallest absolute Gasteiger partial charge is 0.324 e. The van der Waals surface area contributed by atoms with Gasteiger partial charge in [0.15, 0.2) is 5.82 Å². The van der Waals surface area contributed by atoms with E-state index in [9.17, 15) is 9.18 Å². The van der Waals surface area contributed by atoms with Gasteiger partial charge in [0.25, 0.3) is 0 Å². The van der Waals surface area contributed by atoms with Crippen molar-refractivity contribution < 1.29 is 9.18 Å². The molecule has 136 valence electrons. The Balaban J connectivity index is 1.47. The molecule has 0 bridgehead atoms. The number of hydrogen-bond donors (Lipinski definition) is 0. The lowest BCUT2D eigenvalue weighted by atomic mass is 10.1. The number of benzene rings is 1. The maximum absolute atomic E-state index is 13.6. The number of carbonyl (C=O) groups excluding carboxylic acids is 1. The van der Waals surface area contributed by atoms with Crippen LogP contribution < -0.4 is 14.7 Å². The lowest BCUT2D eigenvalue weighted by Crippen LogP contribution is -2.55. The molecule has 0 N–H and O–H groups in total. The third-order valence-electron chi connectivity index (χ3n) is 4.96. The van der Waals surface area contributed by atoms with Crippen LogP contribution >= 0.6 is 0 Å². The topological polar surface area (TPSA) is 55.8 Å². The second-order valence-corrected chi connectivity index (χ2v) is 6.54. The van der Waals surface area contributed by atoms with E-state index in [1.165, 1.54) is 12.1 Å². The first kappa shape index (κ1) is 16.6. The van der Waals surface area contributed by atoms with Gasteiger partial charge < -0.3 is 14.7 Å². The van der Waals surface area contributed by atoms with Crippen LogP contribution in [0.15, 0.2) is 36.5 Å². The van der Waals surface area contributed by atoms with Crippen molar-refractivity contribution in [3.8, 4) is 0 Å². The molecule has 2 aliphatic heterocycles. The lowest BCUT2D eigenvalue weighted by Gasteiger charge is -2.41. The molecule has 8 heteroatoms. The van der Waals surface area contributed by atoms with Crippen molar-refractivity contribution in [3.05, 3.63) is 42.3 Å². The van der Waals surface area contributed by atoms with Crippen LogP contribution in [0.25, 0.3) is 0 Å². The van der Waals surface area contributed by atoms with Gasteiger partial charge in [0.05, 0.1) is 11.4 Å². The SMILES string of the molecule is CN1CCN(C(=O)N2CCN(c3cccnn3)CC2)c2ccc(F)cc21. The van der Waals surface area contributed by atoms with E-state index in [0.717, 1.165) is 17.2 Å². The number of fused-ring (bicyclic) bond motifs is 1. The Hall–Kier alpha value is -2.90. The number of amides is 2. The van der Waals surface area contributed by atoms with Crippen LogP contribution in [0, 0.1) is 5.82 Å². The van der Waals surface area contributed by atoms with Crippen LogP contribution in [0.3, 0.4) is 0 Å². The quantitative estimate of drug-likeness (QED) is 0.780. The first-order chi connectivity index (χ1) is 12.6. The van der Waals surface area contributed by atoms with Gasteiger partial charge in [0.1, 0.15) is 5.82 Å². The summed E-state index contributed by atoms with van der Waals surface area (Å²) in [4.78, 5) is 20.8. The number of carbonyl (C=O) groups is 1. The zero-order valence-electron chi connectivity index (χ0n) is 14.7. The van der Waals surface area contributed by atoms with Crippen molar-refractivity contribution in [2.24, 2.45) is 0 Å². The summed E-state index contributed by atoms with van der Waals surface area (Å²) in [5.74, 6) is 0.544. The zero-order valence-corrected chi connectivity index (χ0v) is 14.7. The van der Waals surface area contributed by atoms with E-state index in [2.05, 4.69) is 15.1 Å². The fourth-order valence-corrected chi connectivity index (χ4v) is 3.48. The predicted molar refractivity (Wildman–Crippen MR) is 98.2 cm³/mol. The van der Waals surface area contributed by atoms with Gasteiger partial charge in [-0.05, 0) is 30.3 Å². The maximum atomic E-state index is 13.6. The van der Waals surface area contributed by atoms with E-state index in [1.54, 1.807) is 17.2 Å². The summed E-state index contributed by atoms with van der Waals surface area (Å²) in [5, 5.41) is 8.04. The van der Waals surface area contributed by atoms with Crippen molar-refractivity contribution >= 4 is 23.2 Å². The molecule has 4 rings (SSSR count). The number of halogens is 1. The molecule has 0 spiro atoms. The lowest BCUT2D eigenvalue weighted by molar-refractivity contribution is 0.201. The second-order valence-electron chi connectivity index (χ2n) is 6.54. The molecule has 0 aliphatic carbocycles. The monoisotopic (exact) mass is 356 g/mol. The zero-order chi connectivity index (χ0) is 18.1. The summed E-state index contributed by atoms with van der Waals surface area (Å²) in [6.07, 6.45) is 1.65. The highest BCUT2D eigenvalue weighted by atomic mass is 19.1. The van der Waals surface area contributed by atoms with Crippen LogP contribution in [0.2, 0.25) is 0 Å². The average molecular weight is 356 g/mol. The summed E-state index contributed by atoms with van der Waals surface area (Å²) in [6, 6.07) is 8.35. The van der Waals surface area contributed by atoms with Crippen molar-refractivity contribution in [2.45, 2.75) is 0 Å². The Morgan fingerprint density at radius 2 is 1.85 bits per heavy atom. The van der Waals surface area contributed by atoms with Crippen LogP contribution in [0.5, 0.6) is 0 Å². The molecule has 0 saturated carbocycles. The normalized spacial score (nSPS) is 17.3. The van der Waals surface area contributed by atoms with Gasteiger partial charge in [0, 0.05) is 52.5 Å². The van der Waals surface area contributed by atoms with E-state index in [4.69, 9.17) is 0 Å². The molecule has 2 amide bonds. The first-order valence-electron chi connectivity index (χ1n) is 8.73. The molecule has 1 saturated heterocycles. The molecule has 0 radical (unpaired) electrons. The summed E-state index contributed by atoms with van der Waals surface area (Å²) >= 11 is 0. The summed E-state index contributed by atoms with van der Waals surface area (Å²) in [5.41, 5.74) is 1.52. The molecule has 1 fully saturated rings. The number of piperazine rings is 1. The third-order valence-corrected chi connectivity index (χ3v) is 4.96. The number of hydrogen-bond acceptors (Lipinski definition) is 5. The number of anilines is 3. The van der Waals surface area contributed by atoms with Gasteiger partial charge in [-0.15, -0.1) is 5.10 Å². The fraction of sp³-hybridized carbons (Fsp3) is 0.389. The predicted octanol–water partition coefficient (Wildman–Crippen LogP) is 1.81. The first-order valence-corrected chi connectivity index (χ1v) is 8.73. The molecule has 2 aromatic rings. The van der Waals surface area contributed by atoms with E-state index >= 15 is 0 Å². The van der Waals surface area contributed by atoms with E-state index in [0.29, 0.717) is 39.3 Å². The number of likely N-dealkylation sites (N-methyl/N-ethyl adjacent to an activating group) is 1. The molecule has 2 aliphatic rings. The number of urea groups is 1. The second kappa shape index (κ2) is 6.78. The minimum atomic E-state index is -0.289. The van der Waals surface area contributed by atoms with Crippen LogP contribution in [-0.2, 0) is 0 Å². The van der Waals surface area contributed by atoms with E-state index < -0.39 is 0 Å². The Morgan fingerprint density at radius 1 is 1.04 bits per heavy atom. The van der Waals surface area contributed by atoms with Crippen molar-refractivity contribution in [3.63, 3.8) is 0 Å². The third kappa shape index (κ3) is 3.02. The molecule has 0 unspecified atom stereocenters. The Morgan fingerprint density at radius 3 is 2.58 bits per heavy atom. The largest absolute Gasteiger partial charge is 0.371 e. The van der Waals surface area contributed by atoms with Crippen LogP contribution in [0.4, 0.5) is 26.4 Å². The summed E-state index contributed by atoms with van der Waals surface area (Å²) < 4.78 is 13.6. The molecule has 0 atom stereocenters. The molecule has 1 aromatic carbocycles. The summed E-state index contributed by atoms with van der Waals surface area (Å²) in [6.45, 7) is 3.96. The Bertz CT molecular complexity index is 794. The van der Waals surface area contributed by atoms with Gasteiger partial charge in [0.2, 0.25) is 0 Å². The molecular weight excluding hydrogens is 335 g/mol. The Labute approximate surface area is 151 Å². The molecule has 3 heterocycles. The maximum Gasteiger partial charge on any atom is 0.324 e. The highest BCUT2D eigenvalue weighted by Crippen LogP contribution is 2.33. The molecule has 7 nitrogen and oxygen atoms in total. The standard InChI is InChI=1S/C18H21FN6O/c1-22-7-12-25(15-5-4-14(19)13-16(15)22)18(26)24-10-8-23(9-11-24)17-3-2-6-20-21-17/h2-6,13H,7-12H2,1H3. The number of aromatic nitrogens is 2. The van der Waals surface area contributed by atoms with Crippen LogP contribution in [0.1, 0.15) is 0 Å². The minimum absolute atomic E-state index is 0.0234. The summed E-state index contributed by atoms with van der Waals surface area (Å²) in [7, 11) is 1.92. The average Bonchev–Trinajstić information content (AvgIpc) is 2.69.